The summed E-state index contributed by atoms with van der Waals surface area (Å²) in [5.41, 5.74) is 2.27. The number of thiazole rings is 1. The second-order valence-corrected chi connectivity index (χ2v) is 8.19. The zero-order valence-electron chi connectivity index (χ0n) is 17.0. The van der Waals surface area contributed by atoms with Crippen molar-refractivity contribution in [2.75, 3.05) is 13.1 Å². The second-order valence-electron chi connectivity index (χ2n) is 6.90. The van der Waals surface area contributed by atoms with Crippen molar-refractivity contribution < 1.29 is 4.74 Å². The monoisotopic (exact) mass is 514 g/mol. The van der Waals surface area contributed by atoms with Crippen molar-refractivity contribution in [3.05, 3.63) is 45.4 Å². The first-order chi connectivity index (χ1) is 13.2. The Hall–Kier alpha value is -1.35. The molecule has 1 aromatic carbocycles. The lowest BCUT2D eigenvalue weighted by Crippen LogP contribution is -2.38. The van der Waals surface area contributed by atoms with E-state index in [0.29, 0.717) is 12.6 Å². The smallest absolute Gasteiger partial charge is 0.191 e. The minimum Gasteiger partial charge on any atom is -0.490 e. The van der Waals surface area contributed by atoms with Crippen LogP contribution in [-0.4, -0.2) is 30.1 Å². The van der Waals surface area contributed by atoms with Crippen molar-refractivity contribution in [1.29, 1.82) is 0 Å². The van der Waals surface area contributed by atoms with Crippen LogP contribution in [0.2, 0.25) is 0 Å². The predicted octanol–water partition coefficient (Wildman–Crippen LogP) is 4.61. The summed E-state index contributed by atoms with van der Waals surface area (Å²) in [6.45, 7) is 8.53. The Morgan fingerprint density at radius 3 is 2.68 bits per heavy atom. The molecular formula is C21H31IN4OS. The van der Waals surface area contributed by atoms with Gasteiger partial charge in [0.25, 0.3) is 0 Å². The van der Waals surface area contributed by atoms with Crippen LogP contribution >= 0.6 is 35.3 Å². The number of aliphatic imine (C=N–C) groups is 1. The van der Waals surface area contributed by atoms with Gasteiger partial charge in [0.05, 0.1) is 23.4 Å². The molecule has 3 rings (SSSR count). The van der Waals surface area contributed by atoms with E-state index in [-0.39, 0.29) is 24.0 Å². The molecule has 0 saturated heterocycles. The SMILES string of the molecule is CCNC(=NCc1ccccc1OC1CCC1)NCCc1nc(C)c(C)s1.I. The molecule has 0 unspecified atom stereocenters. The average molecular weight is 514 g/mol. The largest absolute Gasteiger partial charge is 0.490 e. The number of hydrogen-bond donors (Lipinski definition) is 2. The van der Waals surface area contributed by atoms with E-state index in [2.05, 4.69) is 48.5 Å². The molecule has 0 aliphatic heterocycles. The topological polar surface area (TPSA) is 58.5 Å². The summed E-state index contributed by atoms with van der Waals surface area (Å²) in [5, 5.41) is 7.91. The van der Waals surface area contributed by atoms with Crippen LogP contribution in [0, 0.1) is 13.8 Å². The van der Waals surface area contributed by atoms with Gasteiger partial charge in [-0.15, -0.1) is 35.3 Å². The maximum absolute atomic E-state index is 6.11. The standard InChI is InChI=1S/C21H30N4OS.HI/c1-4-22-21(23-13-12-20-25-15(2)16(3)27-20)24-14-17-8-5-6-11-19(17)26-18-9-7-10-18;/h5-6,8,11,18H,4,7,9-10,12-14H2,1-3H3,(H2,22,23,24);1H. The van der Waals surface area contributed by atoms with Crippen LogP contribution in [0.25, 0.3) is 0 Å². The third kappa shape index (κ3) is 6.62. The van der Waals surface area contributed by atoms with Crippen LogP contribution < -0.4 is 15.4 Å². The zero-order valence-corrected chi connectivity index (χ0v) is 20.1. The van der Waals surface area contributed by atoms with E-state index in [1.54, 1.807) is 11.3 Å². The number of guanidine groups is 1. The van der Waals surface area contributed by atoms with Gasteiger partial charge in [0.15, 0.2) is 5.96 Å². The number of nitrogens with zero attached hydrogens (tertiary/aromatic N) is 2. The van der Waals surface area contributed by atoms with Gasteiger partial charge in [0.1, 0.15) is 5.75 Å². The van der Waals surface area contributed by atoms with Gasteiger partial charge in [-0.05, 0) is 46.1 Å². The van der Waals surface area contributed by atoms with Gasteiger partial charge in [-0.1, -0.05) is 18.2 Å². The van der Waals surface area contributed by atoms with Crippen molar-refractivity contribution in [3.63, 3.8) is 0 Å². The number of nitrogens with one attached hydrogen (secondary N) is 2. The molecule has 1 heterocycles. The highest BCUT2D eigenvalue weighted by Crippen LogP contribution is 2.27. The number of halogens is 1. The molecule has 1 fully saturated rings. The Bertz CT molecular complexity index is 754. The van der Waals surface area contributed by atoms with Crippen LogP contribution in [0.5, 0.6) is 5.75 Å². The number of para-hydroxylation sites is 1. The quantitative estimate of drug-likeness (QED) is 0.307. The number of benzene rings is 1. The third-order valence-electron chi connectivity index (χ3n) is 4.77. The third-order valence-corrected chi connectivity index (χ3v) is 5.91. The molecule has 28 heavy (non-hydrogen) atoms. The van der Waals surface area contributed by atoms with Crippen molar-refractivity contribution in [2.45, 2.75) is 59.1 Å². The second kappa shape index (κ2) is 11.6. The highest BCUT2D eigenvalue weighted by Gasteiger charge is 2.20. The molecule has 154 valence electrons. The summed E-state index contributed by atoms with van der Waals surface area (Å²) in [7, 11) is 0. The van der Waals surface area contributed by atoms with Crippen LogP contribution in [0.15, 0.2) is 29.3 Å². The van der Waals surface area contributed by atoms with Gasteiger partial charge in [-0.3, -0.25) is 0 Å². The lowest BCUT2D eigenvalue weighted by Gasteiger charge is -2.27. The first-order valence-corrected chi connectivity index (χ1v) is 10.7. The molecule has 0 radical (unpaired) electrons. The zero-order chi connectivity index (χ0) is 19.1. The normalized spacial score (nSPS) is 14.2. The molecule has 0 atom stereocenters. The summed E-state index contributed by atoms with van der Waals surface area (Å²) >= 11 is 1.78. The number of aromatic nitrogens is 1. The molecule has 0 amide bonds. The number of aryl methyl sites for hydroxylation is 2. The first-order valence-electron chi connectivity index (χ1n) is 9.85. The molecule has 1 aliphatic carbocycles. The molecule has 7 heteroatoms. The predicted molar refractivity (Wildman–Crippen MR) is 128 cm³/mol. The summed E-state index contributed by atoms with van der Waals surface area (Å²) in [4.78, 5) is 10.6. The summed E-state index contributed by atoms with van der Waals surface area (Å²) in [6.07, 6.45) is 4.89. The maximum atomic E-state index is 6.11. The molecule has 1 saturated carbocycles. The molecule has 2 aromatic rings. The molecule has 0 spiro atoms. The Labute approximate surface area is 189 Å². The van der Waals surface area contributed by atoms with Crippen molar-refractivity contribution >= 4 is 41.3 Å². The molecular weight excluding hydrogens is 483 g/mol. The minimum absolute atomic E-state index is 0. The maximum Gasteiger partial charge on any atom is 0.191 e. The van der Waals surface area contributed by atoms with Gasteiger partial charge in [0.2, 0.25) is 0 Å². The summed E-state index contributed by atoms with van der Waals surface area (Å²) in [5.74, 6) is 1.80. The lowest BCUT2D eigenvalue weighted by molar-refractivity contribution is 0.119. The first kappa shape index (κ1) is 22.9. The van der Waals surface area contributed by atoms with Crippen molar-refractivity contribution in [1.82, 2.24) is 15.6 Å². The van der Waals surface area contributed by atoms with E-state index in [0.717, 1.165) is 55.3 Å². The Morgan fingerprint density at radius 2 is 2.04 bits per heavy atom. The number of rotatable bonds is 8. The van der Waals surface area contributed by atoms with Crippen LogP contribution in [0.3, 0.4) is 0 Å². The molecule has 5 nitrogen and oxygen atoms in total. The van der Waals surface area contributed by atoms with Crippen LogP contribution in [0.4, 0.5) is 0 Å². The molecule has 2 N–H and O–H groups in total. The fraction of sp³-hybridized carbons (Fsp3) is 0.524. The van der Waals surface area contributed by atoms with Gasteiger partial charge in [0, 0.05) is 30.0 Å². The number of hydrogen-bond acceptors (Lipinski definition) is 4. The fourth-order valence-corrected chi connectivity index (χ4v) is 3.79. The summed E-state index contributed by atoms with van der Waals surface area (Å²) < 4.78 is 6.11. The fourth-order valence-electron chi connectivity index (χ4n) is 2.86. The van der Waals surface area contributed by atoms with E-state index in [4.69, 9.17) is 9.73 Å². The van der Waals surface area contributed by atoms with Gasteiger partial charge in [-0.2, -0.15) is 0 Å². The average Bonchev–Trinajstić information content (AvgIpc) is 2.94. The number of ether oxygens (including phenoxy) is 1. The highest BCUT2D eigenvalue weighted by atomic mass is 127. The van der Waals surface area contributed by atoms with E-state index in [1.807, 2.05) is 12.1 Å². The Balaban J connectivity index is 0.00000280. The Morgan fingerprint density at radius 1 is 1.25 bits per heavy atom. The van der Waals surface area contributed by atoms with E-state index < -0.39 is 0 Å². The highest BCUT2D eigenvalue weighted by molar-refractivity contribution is 14.0. The van der Waals surface area contributed by atoms with Crippen molar-refractivity contribution in [3.8, 4) is 5.75 Å². The van der Waals surface area contributed by atoms with Gasteiger partial charge in [-0.25, -0.2) is 9.98 Å². The Kier molecular flexibility index (Phi) is 9.50. The summed E-state index contributed by atoms with van der Waals surface area (Å²) in [6, 6.07) is 8.23. The van der Waals surface area contributed by atoms with E-state index >= 15 is 0 Å². The molecule has 1 aliphatic rings. The van der Waals surface area contributed by atoms with Crippen LogP contribution in [-0.2, 0) is 13.0 Å². The van der Waals surface area contributed by atoms with Gasteiger partial charge >= 0.3 is 0 Å². The molecule has 1 aromatic heterocycles. The van der Waals surface area contributed by atoms with Crippen molar-refractivity contribution in [2.24, 2.45) is 4.99 Å². The van der Waals surface area contributed by atoms with Gasteiger partial charge < -0.3 is 15.4 Å². The lowest BCUT2D eigenvalue weighted by atomic mass is 9.96. The molecule has 0 bridgehead atoms. The van der Waals surface area contributed by atoms with Crippen LogP contribution in [0.1, 0.15) is 47.3 Å². The van der Waals surface area contributed by atoms with E-state index in [1.165, 1.54) is 16.3 Å². The minimum atomic E-state index is 0. The van der Waals surface area contributed by atoms with E-state index in [9.17, 15) is 0 Å².